The lowest BCUT2D eigenvalue weighted by Gasteiger charge is -2.37. The largest absolute Gasteiger partial charge is 0.375 e. The van der Waals surface area contributed by atoms with Crippen LogP contribution < -0.4 is 15.5 Å². The van der Waals surface area contributed by atoms with Crippen molar-refractivity contribution >= 4 is 23.2 Å². The Bertz CT molecular complexity index is 646. The van der Waals surface area contributed by atoms with Gasteiger partial charge >= 0.3 is 0 Å². The highest BCUT2D eigenvalue weighted by molar-refractivity contribution is 6.30. The number of hydrogen-bond donors (Lipinski definition) is 2. The molecule has 0 spiro atoms. The molecular weight excluding hydrogens is 386 g/mol. The fourth-order valence-corrected chi connectivity index (χ4v) is 3.87. The molecule has 0 aromatic heterocycles. The van der Waals surface area contributed by atoms with Crippen LogP contribution in [0.15, 0.2) is 36.4 Å². The van der Waals surface area contributed by atoms with E-state index >= 15 is 0 Å². The van der Waals surface area contributed by atoms with Gasteiger partial charge in [-0.2, -0.15) is 0 Å². The van der Waals surface area contributed by atoms with Crippen LogP contribution in [0.1, 0.15) is 46.5 Å². The van der Waals surface area contributed by atoms with Crippen LogP contribution in [0.25, 0.3) is 0 Å². The zero-order valence-corrected chi connectivity index (χ0v) is 18.9. The fourth-order valence-electron chi connectivity index (χ4n) is 3.74. The maximum Gasteiger partial charge on any atom is 0.217 e. The molecule has 1 aromatic rings. The predicted molar refractivity (Wildman–Crippen MR) is 122 cm³/mol. The molecule has 0 saturated heterocycles. The summed E-state index contributed by atoms with van der Waals surface area (Å²) in [5.74, 6) is -0.0160. The summed E-state index contributed by atoms with van der Waals surface area (Å²) in [6.07, 6.45) is 8.24. The summed E-state index contributed by atoms with van der Waals surface area (Å²) in [5, 5.41) is 7.51. The smallest absolute Gasteiger partial charge is 0.217 e. The molecule has 3 atom stereocenters. The normalized spacial score (nSPS) is 21.4. The van der Waals surface area contributed by atoms with E-state index in [0.717, 1.165) is 49.5 Å². The molecule has 0 aliphatic heterocycles. The van der Waals surface area contributed by atoms with Crippen LogP contribution in [0.5, 0.6) is 0 Å². The second kappa shape index (κ2) is 12.2. The molecule has 0 bridgehead atoms. The van der Waals surface area contributed by atoms with E-state index in [9.17, 15) is 4.79 Å². The van der Waals surface area contributed by atoms with Gasteiger partial charge in [0, 0.05) is 37.3 Å². The van der Waals surface area contributed by atoms with Crippen molar-refractivity contribution in [2.45, 2.75) is 70.7 Å². The maximum absolute atomic E-state index is 11.8. The molecule has 0 radical (unpaired) electrons. The molecule has 0 unspecified atom stereocenters. The van der Waals surface area contributed by atoms with E-state index in [1.165, 1.54) is 0 Å². The van der Waals surface area contributed by atoms with Crippen molar-refractivity contribution in [3.63, 3.8) is 0 Å². The Labute approximate surface area is 180 Å². The molecule has 29 heavy (non-hydrogen) atoms. The number of hydrogen-bond acceptors (Lipinski definition) is 4. The highest BCUT2D eigenvalue weighted by atomic mass is 35.5. The van der Waals surface area contributed by atoms with Gasteiger partial charge in [0.2, 0.25) is 5.91 Å². The summed E-state index contributed by atoms with van der Waals surface area (Å²) in [7, 11) is 2.09. The Balaban J connectivity index is 1.87. The molecule has 1 aromatic carbocycles. The first kappa shape index (κ1) is 23.7. The summed E-state index contributed by atoms with van der Waals surface area (Å²) in [6, 6.07) is 8.02. The van der Waals surface area contributed by atoms with Gasteiger partial charge in [-0.25, -0.2) is 0 Å². The molecule has 1 amide bonds. The second-order valence-electron chi connectivity index (χ2n) is 7.74. The number of halogens is 1. The van der Waals surface area contributed by atoms with Crippen LogP contribution in [0.4, 0.5) is 5.69 Å². The first-order valence-corrected chi connectivity index (χ1v) is 11.1. The SMILES string of the molecule is CCC(CC)O[C@@H]1C=CC[C@H](NCCCN(C)c2ccc(Cl)cc2)[C@H]1NC(C)=O. The minimum absolute atomic E-state index is 0.0160. The molecule has 2 rings (SSSR count). The number of amides is 1. The Hall–Kier alpha value is -1.56. The van der Waals surface area contributed by atoms with E-state index in [4.69, 9.17) is 16.3 Å². The van der Waals surface area contributed by atoms with Crippen LogP contribution in [0.2, 0.25) is 5.02 Å². The molecule has 5 nitrogen and oxygen atoms in total. The average Bonchev–Trinajstić information content (AvgIpc) is 2.71. The van der Waals surface area contributed by atoms with Crippen LogP contribution in [-0.2, 0) is 9.53 Å². The van der Waals surface area contributed by atoms with E-state index in [0.29, 0.717) is 0 Å². The van der Waals surface area contributed by atoms with Gasteiger partial charge < -0.3 is 20.3 Å². The number of carbonyl (C=O) groups excluding carboxylic acids is 1. The molecule has 1 aliphatic rings. The lowest BCUT2D eigenvalue weighted by molar-refractivity contribution is -0.121. The summed E-state index contributed by atoms with van der Waals surface area (Å²) >= 11 is 5.97. The highest BCUT2D eigenvalue weighted by Crippen LogP contribution is 2.20. The number of anilines is 1. The Kier molecular flexibility index (Phi) is 9.98. The number of ether oxygens (including phenoxy) is 1. The minimum atomic E-state index is -0.0909. The van der Waals surface area contributed by atoms with Gasteiger partial charge in [0.25, 0.3) is 0 Å². The molecule has 0 heterocycles. The van der Waals surface area contributed by atoms with E-state index < -0.39 is 0 Å². The number of nitrogens with zero attached hydrogens (tertiary/aromatic N) is 1. The third kappa shape index (κ3) is 7.65. The quantitative estimate of drug-likeness (QED) is 0.416. The molecule has 0 fully saturated rings. The van der Waals surface area contributed by atoms with E-state index in [-0.39, 0.29) is 30.2 Å². The van der Waals surface area contributed by atoms with Crippen LogP contribution in [0, 0.1) is 0 Å². The van der Waals surface area contributed by atoms with Gasteiger partial charge in [0.15, 0.2) is 0 Å². The monoisotopic (exact) mass is 421 g/mol. The van der Waals surface area contributed by atoms with Gasteiger partial charge in [0.05, 0.1) is 18.2 Å². The molecule has 6 heteroatoms. The number of rotatable bonds is 11. The Morgan fingerprint density at radius 1 is 1.28 bits per heavy atom. The Morgan fingerprint density at radius 3 is 2.59 bits per heavy atom. The van der Waals surface area contributed by atoms with Crippen molar-refractivity contribution in [2.24, 2.45) is 0 Å². The zero-order valence-electron chi connectivity index (χ0n) is 18.2. The highest BCUT2D eigenvalue weighted by Gasteiger charge is 2.32. The van der Waals surface area contributed by atoms with Crippen LogP contribution >= 0.6 is 11.6 Å². The van der Waals surface area contributed by atoms with Crippen LogP contribution in [0.3, 0.4) is 0 Å². The van der Waals surface area contributed by atoms with Crippen molar-refractivity contribution in [2.75, 3.05) is 25.0 Å². The lowest BCUT2D eigenvalue weighted by atomic mass is 9.92. The van der Waals surface area contributed by atoms with E-state index in [1.807, 2.05) is 24.3 Å². The summed E-state index contributed by atoms with van der Waals surface area (Å²) in [4.78, 5) is 14.0. The van der Waals surface area contributed by atoms with Gasteiger partial charge in [-0.15, -0.1) is 0 Å². The van der Waals surface area contributed by atoms with Crippen molar-refractivity contribution in [1.82, 2.24) is 10.6 Å². The van der Waals surface area contributed by atoms with Gasteiger partial charge in [-0.1, -0.05) is 37.6 Å². The van der Waals surface area contributed by atoms with E-state index in [2.05, 4.69) is 48.6 Å². The number of carbonyl (C=O) groups is 1. The third-order valence-electron chi connectivity index (χ3n) is 5.48. The molecule has 1 aliphatic carbocycles. The molecule has 0 saturated carbocycles. The second-order valence-corrected chi connectivity index (χ2v) is 8.18. The van der Waals surface area contributed by atoms with Crippen molar-refractivity contribution in [3.8, 4) is 0 Å². The van der Waals surface area contributed by atoms with Gasteiger partial charge in [0.1, 0.15) is 0 Å². The summed E-state index contributed by atoms with van der Waals surface area (Å²) in [6.45, 7) is 7.67. The first-order chi connectivity index (χ1) is 13.9. The number of nitrogens with one attached hydrogen (secondary N) is 2. The molecular formula is C23H36ClN3O2. The summed E-state index contributed by atoms with van der Waals surface area (Å²) < 4.78 is 6.28. The predicted octanol–water partition coefficient (Wildman–Crippen LogP) is 4.16. The molecule has 162 valence electrons. The topological polar surface area (TPSA) is 53.6 Å². The maximum atomic E-state index is 11.8. The standard InChI is InChI=1S/C23H36ClN3O2/c1-5-20(6-2)29-22-10-7-9-21(23(22)26-17(3)28)25-15-8-16-27(4)19-13-11-18(24)12-14-19/h7,10-14,20-23,25H,5-6,8-9,15-16H2,1-4H3,(H,26,28)/t21-,22+,23+/m0/s1. The average molecular weight is 422 g/mol. The number of benzene rings is 1. The lowest BCUT2D eigenvalue weighted by Crippen LogP contribution is -2.57. The van der Waals surface area contributed by atoms with Crippen molar-refractivity contribution in [3.05, 3.63) is 41.4 Å². The van der Waals surface area contributed by atoms with Crippen molar-refractivity contribution in [1.29, 1.82) is 0 Å². The van der Waals surface area contributed by atoms with Gasteiger partial charge in [-0.05, 0) is 56.5 Å². The Morgan fingerprint density at radius 2 is 1.97 bits per heavy atom. The fraction of sp³-hybridized carbons (Fsp3) is 0.609. The van der Waals surface area contributed by atoms with Crippen LogP contribution in [-0.4, -0.2) is 50.3 Å². The van der Waals surface area contributed by atoms with Crippen molar-refractivity contribution < 1.29 is 9.53 Å². The van der Waals surface area contributed by atoms with E-state index in [1.54, 1.807) is 6.92 Å². The molecule has 2 N–H and O–H groups in total. The first-order valence-electron chi connectivity index (χ1n) is 10.7. The third-order valence-corrected chi connectivity index (χ3v) is 5.73. The van der Waals surface area contributed by atoms with Gasteiger partial charge in [-0.3, -0.25) is 4.79 Å². The minimum Gasteiger partial charge on any atom is -0.375 e. The zero-order chi connectivity index (χ0) is 21.2. The summed E-state index contributed by atoms with van der Waals surface area (Å²) in [5.41, 5.74) is 1.16.